The van der Waals surface area contributed by atoms with Gasteiger partial charge in [-0.05, 0) is 30.3 Å². The molecule has 3 aromatic rings. The standard InChI is InChI=1S/C14H8O4S/c15-13-9-3-1-2-4-11(9)19-12-7-8(18-14(16)17)5-6-10(12)13/h1-7H,(H,16,17)/p-1. The van der Waals surface area contributed by atoms with Crippen LogP contribution < -0.4 is 15.3 Å². The topological polar surface area (TPSA) is 66.4 Å². The van der Waals surface area contributed by atoms with Gasteiger partial charge in [0.25, 0.3) is 6.16 Å². The lowest BCUT2D eigenvalue weighted by molar-refractivity contribution is -0.271. The number of hydrogen-bond donors (Lipinski definition) is 0. The molecule has 4 nitrogen and oxygen atoms in total. The minimum absolute atomic E-state index is 0.0654. The Morgan fingerprint density at radius 2 is 1.79 bits per heavy atom. The fourth-order valence-electron chi connectivity index (χ4n) is 1.94. The van der Waals surface area contributed by atoms with E-state index >= 15 is 0 Å². The molecule has 0 amide bonds. The largest absolute Gasteiger partial charge is 0.514 e. The molecule has 3 rings (SSSR count). The Morgan fingerprint density at radius 3 is 2.58 bits per heavy atom. The molecule has 0 aliphatic heterocycles. The van der Waals surface area contributed by atoms with Gasteiger partial charge in [-0.2, -0.15) is 0 Å². The maximum atomic E-state index is 12.3. The first kappa shape index (κ1) is 11.7. The summed E-state index contributed by atoms with van der Waals surface area (Å²) in [7, 11) is 0. The number of rotatable bonds is 1. The summed E-state index contributed by atoms with van der Waals surface area (Å²) in [4.78, 5) is 22.7. The van der Waals surface area contributed by atoms with E-state index in [9.17, 15) is 14.7 Å². The number of benzene rings is 2. The van der Waals surface area contributed by atoms with Crippen LogP contribution in [-0.4, -0.2) is 6.16 Å². The van der Waals surface area contributed by atoms with Crippen LogP contribution >= 0.6 is 11.3 Å². The third kappa shape index (κ3) is 2.04. The van der Waals surface area contributed by atoms with Gasteiger partial charge in [-0.3, -0.25) is 4.79 Å². The second-order valence-electron chi connectivity index (χ2n) is 3.94. The Labute approximate surface area is 111 Å². The van der Waals surface area contributed by atoms with Gasteiger partial charge in [0.2, 0.25) is 0 Å². The fraction of sp³-hybridized carbons (Fsp3) is 0. The number of carbonyl (C=O) groups excluding carboxylic acids is 1. The first-order valence-corrected chi connectivity index (χ1v) is 6.31. The van der Waals surface area contributed by atoms with Crippen LogP contribution in [0.2, 0.25) is 0 Å². The molecule has 1 heterocycles. The molecule has 0 spiro atoms. The van der Waals surface area contributed by atoms with E-state index in [1.165, 1.54) is 23.5 Å². The van der Waals surface area contributed by atoms with Crippen LogP contribution in [0, 0.1) is 0 Å². The van der Waals surface area contributed by atoms with Crippen molar-refractivity contribution in [2.45, 2.75) is 0 Å². The van der Waals surface area contributed by atoms with Gasteiger partial charge in [0.05, 0.1) is 5.75 Å². The van der Waals surface area contributed by atoms with Gasteiger partial charge in [0.1, 0.15) is 0 Å². The lowest BCUT2D eigenvalue weighted by atomic mass is 10.2. The van der Waals surface area contributed by atoms with Gasteiger partial charge < -0.3 is 14.6 Å². The quantitative estimate of drug-likeness (QED) is 0.386. The van der Waals surface area contributed by atoms with Crippen LogP contribution in [0.4, 0.5) is 4.79 Å². The van der Waals surface area contributed by atoms with Crippen molar-refractivity contribution in [2.24, 2.45) is 0 Å². The Bertz CT molecular complexity index is 851. The lowest BCUT2D eigenvalue weighted by Crippen LogP contribution is -2.26. The van der Waals surface area contributed by atoms with Crippen molar-refractivity contribution in [1.29, 1.82) is 0 Å². The van der Waals surface area contributed by atoms with E-state index in [-0.39, 0.29) is 11.2 Å². The molecule has 0 saturated heterocycles. The predicted octanol–water partition coefficient (Wildman–Crippen LogP) is 2.14. The molecule has 2 aromatic carbocycles. The average Bonchev–Trinajstić information content (AvgIpc) is 2.38. The highest BCUT2D eigenvalue weighted by Crippen LogP contribution is 2.27. The van der Waals surface area contributed by atoms with Crippen molar-refractivity contribution >= 4 is 37.7 Å². The molecule has 0 aliphatic rings. The monoisotopic (exact) mass is 271 g/mol. The maximum Gasteiger partial charge on any atom is 0.257 e. The van der Waals surface area contributed by atoms with Gasteiger partial charge in [-0.25, -0.2) is 0 Å². The molecule has 0 aliphatic carbocycles. The van der Waals surface area contributed by atoms with E-state index in [1.54, 1.807) is 12.1 Å². The molecule has 0 saturated carbocycles. The van der Waals surface area contributed by atoms with Crippen molar-refractivity contribution in [3.8, 4) is 5.75 Å². The first-order chi connectivity index (χ1) is 9.15. The van der Waals surface area contributed by atoms with E-state index in [4.69, 9.17) is 0 Å². The summed E-state index contributed by atoms with van der Waals surface area (Å²) in [6.07, 6.45) is -1.62. The van der Waals surface area contributed by atoms with Crippen molar-refractivity contribution in [2.75, 3.05) is 0 Å². The van der Waals surface area contributed by atoms with Crippen LogP contribution in [0.3, 0.4) is 0 Å². The van der Waals surface area contributed by atoms with E-state index in [0.29, 0.717) is 15.5 Å². The molecule has 0 radical (unpaired) electrons. The minimum Gasteiger partial charge on any atom is -0.514 e. The van der Waals surface area contributed by atoms with Gasteiger partial charge in [-0.1, -0.05) is 12.1 Å². The number of ether oxygens (including phenoxy) is 1. The smallest absolute Gasteiger partial charge is 0.257 e. The zero-order valence-corrected chi connectivity index (χ0v) is 10.4. The fourth-order valence-corrected chi connectivity index (χ4v) is 3.04. The molecule has 19 heavy (non-hydrogen) atoms. The highest BCUT2D eigenvalue weighted by atomic mass is 32.1. The highest BCUT2D eigenvalue weighted by molar-refractivity contribution is 7.24. The maximum absolute atomic E-state index is 12.3. The van der Waals surface area contributed by atoms with E-state index in [2.05, 4.69) is 4.74 Å². The zero-order chi connectivity index (χ0) is 13.4. The highest BCUT2D eigenvalue weighted by Gasteiger charge is 2.05. The average molecular weight is 271 g/mol. The normalized spacial score (nSPS) is 10.7. The zero-order valence-electron chi connectivity index (χ0n) is 9.58. The van der Waals surface area contributed by atoms with E-state index in [0.717, 1.165) is 4.70 Å². The van der Waals surface area contributed by atoms with Crippen molar-refractivity contribution in [3.05, 3.63) is 52.7 Å². The molecule has 1 aromatic heterocycles. The molecular weight excluding hydrogens is 264 g/mol. The number of fused-ring (bicyclic) bond motifs is 2. The second kappa shape index (κ2) is 4.37. The molecule has 94 valence electrons. The van der Waals surface area contributed by atoms with Crippen molar-refractivity contribution < 1.29 is 14.6 Å². The Kier molecular flexibility index (Phi) is 2.68. The minimum atomic E-state index is -1.62. The van der Waals surface area contributed by atoms with Gasteiger partial charge >= 0.3 is 0 Å². The summed E-state index contributed by atoms with van der Waals surface area (Å²) in [5.74, 6) is 0.151. The van der Waals surface area contributed by atoms with Gasteiger partial charge in [0, 0.05) is 20.2 Å². The number of hydrogen-bond acceptors (Lipinski definition) is 5. The number of carbonyl (C=O) groups is 1. The summed E-state index contributed by atoms with van der Waals surface area (Å²) < 4.78 is 6.02. The van der Waals surface area contributed by atoms with Crippen LogP contribution in [-0.2, 0) is 0 Å². The summed E-state index contributed by atoms with van der Waals surface area (Å²) in [6, 6.07) is 11.8. The van der Waals surface area contributed by atoms with Gasteiger partial charge in [-0.15, -0.1) is 11.3 Å². The van der Waals surface area contributed by atoms with E-state index in [1.807, 2.05) is 18.2 Å². The van der Waals surface area contributed by atoms with Crippen molar-refractivity contribution in [1.82, 2.24) is 0 Å². The second-order valence-corrected chi connectivity index (χ2v) is 5.02. The summed E-state index contributed by atoms with van der Waals surface area (Å²) in [5.41, 5.74) is -0.0654. The summed E-state index contributed by atoms with van der Waals surface area (Å²) in [6.45, 7) is 0. The molecule has 0 atom stereocenters. The van der Waals surface area contributed by atoms with Crippen molar-refractivity contribution in [3.63, 3.8) is 0 Å². The number of carboxylic acid groups (broad SMARTS) is 1. The Hall–Kier alpha value is -2.40. The van der Waals surface area contributed by atoms with Crippen LogP contribution in [0.25, 0.3) is 20.2 Å². The van der Waals surface area contributed by atoms with Gasteiger partial charge in [0.15, 0.2) is 5.43 Å². The van der Waals surface area contributed by atoms with Crippen LogP contribution in [0.15, 0.2) is 47.3 Å². The molecule has 0 fully saturated rings. The first-order valence-electron chi connectivity index (χ1n) is 5.49. The van der Waals surface area contributed by atoms with Crippen LogP contribution in [0.1, 0.15) is 0 Å². The molecule has 0 N–H and O–H groups in total. The summed E-state index contributed by atoms with van der Waals surface area (Å²) in [5, 5.41) is 11.6. The molecule has 0 bridgehead atoms. The Morgan fingerprint density at radius 1 is 1.05 bits per heavy atom. The van der Waals surface area contributed by atoms with E-state index < -0.39 is 6.16 Å². The predicted molar refractivity (Wildman–Crippen MR) is 71.6 cm³/mol. The third-order valence-corrected chi connectivity index (χ3v) is 3.88. The summed E-state index contributed by atoms with van der Waals surface area (Å²) >= 11 is 1.41. The molecule has 0 unspecified atom stereocenters. The van der Waals surface area contributed by atoms with Crippen LogP contribution in [0.5, 0.6) is 5.75 Å². The SMILES string of the molecule is O=C([O-])Oc1ccc2c(=O)c3ccccc3sc2c1. The lowest BCUT2D eigenvalue weighted by Gasteiger charge is -2.08. The Balaban J connectivity index is 2.32. The molecule has 5 heteroatoms. The molecular formula is C14H7O4S-. The third-order valence-electron chi connectivity index (χ3n) is 2.75.